The van der Waals surface area contributed by atoms with Crippen LogP contribution >= 0.6 is 11.3 Å². The molecule has 0 unspecified atom stereocenters. The highest BCUT2D eigenvalue weighted by molar-refractivity contribution is 7.16. The van der Waals surface area contributed by atoms with Gasteiger partial charge in [-0.1, -0.05) is 36.2 Å². The molecule has 1 fully saturated rings. The Morgan fingerprint density at radius 2 is 1.86 bits per heavy atom. The molecule has 1 aromatic carbocycles. The Hall–Kier alpha value is -2.37. The van der Waals surface area contributed by atoms with E-state index in [1.807, 2.05) is 0 Å². The number of carbonyl (C=O) groups excluding carboxylic acids is 1. The van der Waals surface area contributed by atoms with E-state index in [1.165, 1.54) is 47.1 Å². The largest absolute Gasteiger partial charge is 0.459 e. The van der Waals surface area contributed by atoms with Gasteiger partial charge >= 0.3 is 0 Å². The number of hydrogen-bond acceptors (Lipinski definition) is 4. The highest BCUT2D eigenvalue weighted by atomic mass is 32.1. The van der Waals surface area contributed by atoms with E-state index in [0.717, 1.165) is 18.1 Å². The molecule has 0 bridgehead atoms. The number of thiophene rings is 1. The molecule has 4 nitrogen and oxygen atoms in total. The lowest BCUT2D eigenvalue weighted by molar-refractivity contribution is 0.0996. The Labute approximate surface area is 170 Å². The van der Waals surface area contributed by atoms with Gasteiger partial charge in [0.15, 0.2) is 5.76 Å². The van der Waals surface area contributed by atoms with Crippen LogP contribution < -0.4 is 5.32 Å². The van der Waals surface area contributed by atoms with Crippen molar-refractivity contribution in [3.8, 4) is 0 Å². The predicted octanol–water partition coefficient (Wildman–Crippen LogP) is 5.79. The molecule has 2 aromatic heterocycles. The van der Waals surface area contributed by atoms with Crippen molar-refractivity contribution in [3.63, 3.8) is 0 Å². The minimum atomic E-state index is -0.200. The molecule has 4 rings (SSSR count). The first-order chi connectivity index (χ1) is 13.6. The zero-order valence-electron chi connectivity index (χ0n) is 16.4. The zero-order valence-corrected chi connectivity index (χ0v) is 17.2. The van der Waals surface area contributed by atoms with Gasteiger partial charge in [0, 0.05) is 10.4 Å². The van der Waals surface area contributed by atoms with Gasteiger partial charge < -0.3 is 9.73 Å². The van der Waals surface area contributed by atoms with E-state index in [9.17, 15) is 4.79 Å². The van der Waals surface area contributed by atoms with Crippen LogP contribution in [-0.4, -0.2) is 23.9 Å². The van der Waals surface area contributed by atoms with Gasteiger partial charge in [-0.15, -0.1) is 11.3 Å². The lowest BCUT2D eigenvalue weighted by atomic mass is 9.95. The molecule has 1 N–H and O–H groups in total. The smallest absolute Gasteiger partial charge is 0.291 e. The van der Waals surface area contributed by atoms with Crippen LogP contribution in [0.2, 0.25) is 0 Å². The number of aryl methyl sites for hydroxylation is 2. The number of rotatable bonds is 5. The fourth-order valence-corrected chi connectivity index (χ4v) is 4.86. The molecule has 1 atom stereocenters. The molecule has 3 heterocycles. The summed E-state index contributed by atoms with van der Waals surface area (Å²) >= 11 is 1.63. The molecule has 146 valence electrons. The Bertz CT molecular complexity index is 922. The SMILES string of the molecule is Cc1ccc([C@@H](c2cc(C)sc2NC(=O)c2ccco2)N2CCCCC2)cc1. The fourth-order valence-electron chi connectivity index (χ4n) is 3.92. The summed E-state index contributed by atoms with van der Waals surface area (Å²) in [5.74, 6) is 0.135. The molecule has 1 amide bonds. The van der Waals surface area contributed by atoms with Crippen molar-refractivity contribution in [1.29, 1.82) is 0 Å². The van der Waals surface area contributed by atoms with Gasteiger partial charge in [0.05, 0.1) is 12.3 Å². The van der Waals surface area contributed by atoms with Crippen molar-refractivity contribution in [3.05, 3.63) is 76.1 Å². The van der Waals surface area contributed by atoms with Crippen LogP contribution in [0.1, 0.15) is 57.4 Å². The van der Waals surface area contributed by atoms with Crippen LogP contribution in [0.3, 0.4) is 0 Å². The molecule has 0 aliphatic carbocycles. The predicted molar refractivity (Wildman–Crippen MR) is 114 cm³/mol. The first kappa shape index (κ1) is 19.0. The molecule has 28 heavy (non-hydrogen) atoms. The number of amides is 1. The maximum absolute atomic E-state index is 12.6. The third-order valence-corrected chi connectivity index (χ3v) is 6.28. The van der Waals surface area contributed by atoms with Gasteiger partial charge in [0.25, 0.3) is 5.91 Å². The van der Waals surface area contributed by atoms with E-state index >= 15 is 0 Å². The van der Waals surface area contributed by atoms with Gasteiger partial charge in [0.2, 0.25) is 0 Å². The average molecular weight is 395 g/mol. The monoisotopic (exact) mass is 394 g/mol. The van der Waals surface area contributed by atoms with Crippen LogP contribution in [0.25, 0.3) is 0 Å². The van der Waals surface area contributed by atoms with Crippen molar-refractivity contribution >= 4 is 22.2 Å². The summed E-state index contributed by atoms with van der Waals surface area (Å²) in [7, 11) is 0. The maximum atomic E-state index is 12.6. The van der Waals surface area contributed by atoms with Crippen LogP contribution in [0.5, 0.6) is 0 Å². The molecule has 0 spiro atoms. The first-order valence-corrected chi connectivity index (χ1v) is 10.7. The number of carbonyl (C=O) groups is 1. The lowest BCUT2D eigenvalue weighted by Gasteiger charge is -2.35. The van der Waals surface area contributed by atoms with Gasteiger partial charge in [-0.2, -0.15) is 0 Å². The van der Waals surface area contributed by atoms with Crippen molar-refractivity contribution in [1.82, 2.24) is 4.90 Å². The van der Waals surface area contributed by atoms with Crippen LogP contribution in [0.15, 0.2) is 53.1 Å². The molecule has 1 aliphatic rings. The number of likely N-dealkylation sites (tertiary alicyclic amines) is 1. The maximum Gasteiger partial charge on any atom is 0.291 e. The van der Waals surface area contributed by atoms with Gasteiger partial charge in [-0.25, -0.2) is 0 Å². The van der Waals surface area contributed by atoms with Gasteiger partial charge in [-0.05, 0) is 63.5 Å². The summed E-state index contributed by atoms with van der Waals surface area (Å²) in [4.78, 5) is 16.4. The summed E-state index contributed by atoms with van der Waals surface area (Å²) in [5, 5.41) is 4.01. The summed E-state index contributed by atoms with van der Waals surface area (Å²) in [6.45, 7) is 6.38. The number of piperidine rings is 1. The van der Waals surface area contributed by atoms with Gasteiger partial charge in [0.1, 0.15) is 5.00 Å². The van der Waals surface area contributed by atoms with Crippen LogP contribution in [0, 0.1) is 13.8 Å². The molecule has 1 aliphatic heterocycles. The summed E-state index contributed by atoms with van der Waals surface area (Å²) in [5.41, 5.74) is 3.71. The van der Waals surface area contributed by atoms with Crippen molar-refractivity contribution in [2.75, 3.05) is 18.4 Å². The van der Waals surface area contributed by atoms with Crippen molar-refractivity contribution < 1.29 is 9.21 Å². The number of anilines is 1. The summed E-state index contributed by atoms with van der Waals surface area (Å²) < 4.78 is 5.27. The van der Waals surface area contributed by atoms with E-state index in [4.69, 9.17) is 4.42 Å². The van der Waals surface area contributed by atoms with E-state index in [1.54, 1.807) is 23.5 Å². The second-order valence-corrected chi connectivity index (χ2v) is 8.74. The highest BCUT2D eigenvalue weighted by Gasteiger charge is 2.28. The van der Waals surface area contributed by atoms with E-state index < -0.39 is 0 Å². The van der Waals surface area contributed by atoms with Crippen LogP contribution in [0.4, 0.5) is 5.00 Å². The van der Waals surface area contributed by atoms with Crippen molar-refractivity contribution in [2.24, 2.45) is 0 Å². The second-order valence-electron chi connectivity index (χ2n) is 7.48. The first-order valence-electron chi connectivity index (χ1n) is 9.87. The topological polar surface area (TPSA) is 45.5 Å². The standard InChI is InChI=1S/C23H26N2O2S/c1-16-8-10-18(11-9-16)21(25-12-4-3-5-13-25)19-15-17(2)28-23(19)24-22(26)20-7-6-14-27-20/h6-11,14-15,21H,3-5,12-13H2,1-2H3,(H,24,26)/t21-/m0/s1. The molecular formula is C23H26N2O2S. The molecule has 0 saturated carbocycles. The number of nitrogens with zero attached hydrogens (tertiary/aromatic N) is 1. The minimum absolute atomic E-state index is 0.151. The third kappa shape index (κ3) is 4.05. The van der Waals surface area contributed by atoms with E-state index in [-0.39, 0.29) is 11.9 Å². The van der Waals surface area contributed by atoms with Gasteiger partial charge in [-0.3, -0.25) is 9.69 Å². The van der Waals surface area contributed by atoms with Crippen LogP contribution in [-0.2, 0) is 0 Å². The number of hydrogen-bond donors (Lipinski definition) is 1. The Morgan fingerprint density at radius 1 is 1.11 bits per heavy atom. The molecule has 3 aromatic rings. The zero-order chi connectivity index (χ0) is 19.5. The number of benzene rings is 1. The second kappa shape index (κ2) is 8.33. The Morgan fingerprint density at radius 3 is 2.54 bits per heavy atom. The summed E-state index contributed by atoms with van der Waals surface area (Å²) in [6.07, 6.45) is 5.26. The summed E-state index contributed by atoms with van der Waals surface area (Å²) in [6, 6.07) is 14.6. The third-order valence-electron chi connectivity index (χ3n) is 5.30. The Balaban J connectivity index is 1.71. The highest BCUT2D eigenvalue weighted by Crippen LogP contribution is 2.40. The Kier molecular flexibility index (Phi) is 5.64. The molecule has 1 saturated heterocycles. The molecule has 0 radical (unpaired) electrons. The fraction of sp³-hybridized carbons (Fsp3) is 0.348. The van der Waals surface area contributed by atoms with E-state index in [2.05, 4.69) is 54.4 Å². The average Bonchev–Trinajstić information content (AvgIpc) is 3.35. The minimum Gasteiger partial charge on any atom is -0.459 e. The van der Waals surface area contributed by atoms with Crippen molar-refractivity contribution in [2.45, 2.75) is 39.2 Å². The lowest BCUT2D eigenvalue weighted by Crippen LogP contribution is -2.34. The number of nitrogens with one attached hydrogen (secondary N) is 1. The molecular weight excluding hydrogens is 368 g/mol. The normalized spacial score (nSPS) is 16.1. The molecule has 5 heteroatoms. The number of furan rings is 1. The van der Waals surface area contributed by atoms with E-state index in [0.29, 0.717) is 5.76 Å². The quantitative estimate of drug-likeness (QED) is 0.596.